The van der Waals surface area contributed by atoms with E-state index in [2.05, 4.69) is 78.4 Å². The fourth-order valence-corrected chi connectivity index (χ4v) is 3.73. The zero-order chi connectivity index (χ0) is 20.3. The number of hydrogen-bond donors (Lipinski definition) is 1. The second-order valence-corrected chi connectivity index (χ2v) is 8.01. The van der Waals surface area contributed by atoms with Gasteiger partial charge in [-0.1, -0.05) is 30.3 Å². The molecule has 0 saturated heterocycles. The van der Waals surface area contributed by atoms with Crippen molar-refractivity contribution in [3.63, 3.8) is 0 Å². The molecule has 0 aliphatic heterocycles. The fraction of sp³-hybridized carbons (Fsp3) is 0.500. The van der Waals surface area contributed by atoms with E-state index in [-0.39, 0.29) is 6.04 Å². The van der Waals surface area contributed by atoms with Gasteiger partial charge < -0.3 is 9.88 Å². The van der Waals surface area contributed by atoms with Crippen LogP contribution in [0.15, 0.2) is 36.7 Å². The Morgan fingerprint density at radius 1 is 0.964 bits per heavy atom. The van der Waals surface area contributed by atoms with Crippen LogP contribution in [0.25, 0.3) is 22.6 Å². The van der Waals surface area contributed by atoms with Gasteiger partial charge in [-0.25, -0.2) is 15.0 Å². The highest BCUT2D eigenvalue weighted by atomic mass is 15.2. The number of hydrogen-bond acceptors (Lipinski definition) is 5. The van der Waals surface area contributed by atoms with Crippen molar-refractivity contribution in [1.29, 1.82) is 0 Å². The maximum atomic E-state index is 4.93. The predicted octanol–water partition coefficient (Wildman–Crippen LogP) is 4.60. The second kappa shape index (κ2) is 8.69. The molecule has 2 aromatic heterocycles. The highest BCUT2D eigenvalue weighted by Gasteiger charge is 2.19. The normalized spacial score (nSPS) is 12.1. The summed E-state index contributed by atoms with van der Waals surface area (Å²) in [5, 5.41) is 3.49. The Labute approximate surface area is 168 Å². The molecule has 6 nitrogen and oxygen atoms in total. The van der Waals surface area contributed by atoms with Gasteiger partial charge in [0.2, 0.25) is 0 Å². The average molecular weight is 381 g/mol. The van der Waals surface area contributed by atoms with Gasteiger partial charge in [0.25, 0.3) is 0 Å². The topological polar surface area (TPSA) is 58.9 Å². The Morgan fingerprint density at radius 2 is 1.64 bits per heavy atom. The summed E-state index contributed by atoms with van der Waals surface area (Å²) in [5.74, 6) is 1.73. The van der Waals surface area contributed by atoms with Crippen molar-refractivity contribution in [2.24, 2.45) is 0 Å². The zero-order valence-electron chi connectivity index (χ0n) is 17.8. The number of anilines is 1. The molecule has 0 atom stereocenters. The molecule has 0 aliphatic carbocycles. The van der Waals surface area contributed by atoms with Crippen molar-refractivity contribution in [3.8, 4) is 11.4 Å². The number of rotatable bonds is 8. The summed E-state index contributed by atoms with van der Waals surface area (Å²) in [7, 11) is 0. The summed E-state index contributed by atoms with van der Waals surface area (Å²) in [6.45, 7) is 15.0. The molecular formula is C22H32N6. The lowest BCUT2D eigenvalue weighted by atomic mass is 10.2. The number of imidazole rings is 1. The smallest absolute Gasteiger partial charge is 0.166 e. The number of fused-ring (bicyclic) bond motifs is 1. The molecule has 1 aromatic carbocycles. The molecule has 0 bridgehead atoms. The van der Waals surface area contributed by atoms with Gasteiger partial charge in [-0.2, -0.15) is 0 Å². The van der Waals surface area contributed by atoms with Gasteiger partial charge in [0.15, 0.2) is 17.0 Å². The van der Waals surface area contributed by atoms with Gasteiger partial charge in [0.1, 0.15) is 12.2 Å². The monoisotopic (exact) mass is 380 g/mol. The molecule has 0 amide bonds. The van der Waals surface area contributed by atoms with Crippen molar-refractivity contribution in [3.05, 3.63) is 36.7 Å². The number of nitrogens with zero attached hydrogens (tertiary/aromatic N) is 5. The van der Waals surface area contributed by atoms with Crippen LogP contribution in [0, 0.1) is 0 Å². The summed E-state index contributed by atoms with van der Waals surface area (Å²) in [6, 6.07) is 11.5. The Kier molecular flexibility index (Phi) is 6.29. The molecular weight excluding hydrogens is 348 g/mol. The quantitative estimate of drug-likeness (QED) is 0.619. The number of aromatic nitrogens is 4. The molecule has 150 valence electrons. The maximum absolute atomic E-state index is 4.93. The van der Waals surface area contributed by atoms with Crippen LogP contribution in [-0.2, 0) is 0 Å². The first kappa shape index (κ1) is 20.3. The first-order valence-corrected chi connectivity index (χ1v) is 10.2. The Balaban J connectivity index is 1.93. The molecule has 0 radical (unpaired) electrons. The third-order valence-electron chi connectivity index (χ3n) is 5.01. The molecule has 2 heterocycles. The average Bonchev–Trinajstić information content (AvgIpc) is 3.06. The standard InChI is InChI=1S/C22H32N6/c1-15(2)27(16(3)4)13-12-23-20-19-22(25-14-24-20)28(17(5)6)21(26-19)18-10-8-7-9-11-18/h7-11,14-17H,12-13H2,1-6H3,(H,23,24,25). The van der Waals surface area contributed by atoms with E-state index in [1.165, 1.54) is 0 Å². The van der Waals surface area contributed by atoms with Crippen LogP contribution in [0.2, 0.25) is 0 Å². The van der Waals surface area contributed by atoms with Gasteiger partial charge in [-0.3, -0.25) is 4.90 Å². The van der Waals surface area contributed by atoms with Gasteiger partial charge in [-0.15, -0.1) is 0 Å². The van der Waals surface area contributed by atoms with Crippen LogP contribution in [0.1, 0.15) is 47.6 Å². The van der Waals surface area contributed by atoms with Crippen LogP contribution in [0.3, 0.4) is 0 Å². The minimum Gasteiger partial charge on any atom is -0.367 e. The molecule has 0 saturated carbocycles. The molecule has 0 unspecified atom stereocenters. The van der Waals surface area contributed by atoms with Crippen LogP contribution in [0.5, 0.6) is 0 Å². The SMILES string of the molecule is CC(C)N(CCNc1ncnc2c1nc(-c1ccccc1)n2C(C)C)C(C)C. The summed E-state index contributed by atoms with van der Waals surface area (Å²) < 4.78 is 2.19. The minimum absolute atomic E-state index is 0.250. The largest absolute Gasteiger partial charge is 0.367 e. The molecule has 6 heteroatoms. The highest BCUT2D eigenvalue weighted by molar-refractivity contribution is 5.86. The van der Waals surface area contributed by atoms with Gasteiger partial charge in [-0.05, 0) is 41.5 Å². The lowest BCUT2D eigenvalue weighted by Gasteiger charge is -2.30. The molecule has 28 heavy (non-hydrogen) atoms. The lowest BCUT2D eigenvalue weighted by molar-refractivity contribution is 0.182. The molecule has 0 aliphatic rings. The predicted molar refractivity (Wildman–Crippen MR) is 117 cm³/mol. The minimum atomic E-state index is 0.250. The Hall–Kier alpha value is -2.47. The van der Waals surface area contributed by atoms with Gasteiger partial charge >= 0.3 is 0 Å². The third-order valence-corrected chi connectivity index (χ3v) is 5.01. The van der Waals surface area contributed by atoms with Crippen molar-refractivity contribution in [2.45, 2.75) is 59.7 Å². The molecule has 3 aromatic rings. The maximum Gasteiger partial charge on any atom is 0.166 e. The summed E-state index contributed by atoms with van der Waals surface area (Å²) >= 11 is 0. The Bertz CT molecular complexity index is 890. The summed E-state index contributed by atoms with van der Waals surface area (Å²) in [5.41, 5.74) is 2.79. The molecule has 1 N–H and O–H groups in total. The molecule has 0 fully saturated rings. The van der Waals surface area contributed by atoms with E-state index in [0.717, 1.165) is 41.5 Å². The van der Waals surface area contributed by atoms with E-state index in [1.54, 1.807) is 6.33 Å². The summed E-state index contributed by atoms with van der Waals surface area (Å²) in [4.78, 5) is 16.4. The van der Waals surface area contributed by atoms with Crippen LogP contribution in [0.4, 0.5) is 5.82 Å². The van der Waals surface area contributed by atoms with Gasteiger partial charge in [0, 0.05) is 36.8 Å². The van der Waals surface area contributed by atoms with E-state index in [9.17, 15) is 0 Å². The van der Waals surface area contributed by atoms with Gasteiger partial charge in [0.05, 0.1) is 0 Å². The fourth-order valence-electron chi connectivity index (χ4n) is 3.73. The summed E-state index contributed by atoms with van der Waals surface area (Å²) in [6.07, 6.45) is 1.63. The van der Waals surface area contributed by atoms with E-state index in [1.807, 2.05) is 18.2 Å². The number of benzene rings is 1. The van der Waals surface area contributed by atoms with E-state index >= 15 is 0 Å². The molecule has 0 spiro atoms. The van der Waals surface area contributed by atoms with E-state index in [4.69, 9.17) is 4.98 Å². The third kappa shape index (κ3) is 4.17. The van der Waals surface area contributed by atoms with Crippen molar-refractivity contribution in [2.75, 3.05) is 18.4 Å². The zero-order valence-corrected chi connectivity index (χ0v) is 17.8. The number of nitrogens with one attached hydrogen (secondary N) is 1. The van der Waals surface area contributed by atoms with Crippen LogP contribution < -0.4 is 5.32 Å². The van der Waals surface area contributed by atoms with E-state index in [0.29, 0.717) is 12.1 Å². The first-order valence-electron chi connectivity index (χ1n) is 10.2. The Morgan fingerprint density at radius 3 is 2.25 bits per heavy atom. The van der Waals surface area contributed by atoms with Crippen molar-refractivity contribution >= 4 is 17.0 Å². The van der Waals surface area contributed by atoms with E-state index < -0.39 is 0 Å². The first-order chi connectivity index (χ1) is 13.4. The van der Waals surface area contributed by atoms with Crippen LogP contribution in [-0.4, -0.2) is 49.6 Å². The van der Waals surface area contributed by atoms with Crippen molar-refractivity contribution in [1.82, 2.24) is 24.4 Å². The molecule has 3 rings (SSSR count). The van der Waals surface area contributed by atoms with Crippen molar-refractivity contribution < 1.29 is 0 Å². The second-order valence-electron chi connectivity index (χ2n) is 8.01. The highest BCUT2D eigenvalue weighted by Crippen LogP contribution is 2.29. The van der Waals surface area contributed by atoms with Crippen LogP contribution >= 0.6 is 0 Å². The lowest BCUT2D eigenvalue weighted by Crippen LogP contribution is -2.40.